The molecule has 0 radical (unpaired) electrons. The zero-order chi connectivity index (χ0) is 20.4. The molecule has 2 aliphatic rings. The summed E-state index contributed by atoms with van der Waals surface area (Å²) < 4.78 is 27.1. The van der Waals surface area contributed by atoms with Crippen LogP contribution in [0.2, 0.25) is 5.02 Å². The van der Waals surface area contributed by atoms with Crippen LogP contribution >= 0.6 is 11.6 Å². The maximum atomic E-state index is 12.8. The number of piperidine rings is 1. The Hall–Kier alpha value is -2.09. The van der Waals surface area contributed by atoms with Gasteiger partial charge in [0.1, 0.15) is 10.7 Å². The summed E-state index contributed by atoms with van der Waals surface area (Å²) in [5.74, 6) is 0.702. The Bertz CT molecular complexity index is 998. The van der Waals surface area contributed by atoms with E-state index in [1.165, 1.54) is 17.3 Å². The second kappa shape index (κ2) is 8.34. The number of rotatable bonds is 5. The van der Waals surface area contributed by atoms with Gasteiger partial charge in [-0.1, -0.05) is 30.2 Å². The van der Waals surface area contributed by atoms with E-state index in [4.69, 9.17) is 11.6 Å². The first-order chi connectivity index (χ1) is 13.9. The van der Waals surface area contributed by atoms with Crippen molar-refractivity contribution in [2.24, 2.45) is 0 Å². The third-order valence-corrected chi connectivity index (χ3v) is 7.60. The SMILES string of the molecule is CC1=C(Cc2ccc(Cl)cc2)CN(c2ccc(S(=O)(=O)N3CCCCC3)cn2)N1. The van der Waals surface area contributed by atoms with Gasteiger partial charge in [0.25, 0.3) is 0 Å². The number of sulfonamides is 1. The molecule has 0 bridgehead atoms. The zero-order valence-electron chi connectivity index (χ0n) is 16.4. The lowest BCUT2D eigenvalue weighted by Gasteiger charge is -2.26. The molecule has 2 aliphatic heterocycles. The molecule has 1 aromatic heterocycles. The first kappa shape index (κ1) is 20.2. The Morgan fingerprint density at radius 1 is 1.07 bits per heavy atom. The van der Waals surface area contributed by atoms with Crippen molar-refractivity contribution in [1.82, 2.24) is 14.7 Å². The fourth-order valence-electron chi connectivity index (χ4n) is 3.74. The van der Waals surface area contributed by atoms with Crippen molar-refractivity contribution in [2.75, 3.05) is 24.6 Å². The number of pyridine rings is 1. The molecule has 8 heteroatoms. The molecular weight excluding hydrogens is 408 g/mol. The monoisotopic (exact) mass is 432 g/mol. The highest BCUT2D eigenvalue weighted by molar-refractivity contribution is 7.89. The zero-order valence-corrected chi connectivity index (χ0v) is 18.0. The van der Waals surface area contributed by atoms with Gasteiger partial charge in [0.05, 0.1) is 6.54 Å². The van der Waals surface area contributed by atoms with Crippen LogP contribution in [-0.4, -0.2) is 37.3 Å². The molecule has 2 aromatic rings. The first-order valence-corrected chi connectivity index (χ1v) is 11.7. The van der Waals surface area contributed by atoms with E-state index >= 15 is 0 Å². The fourth-order valence-corrected chi connectivity index (χ4v) is 5.33. The van der Waals surface area contributed by atoms with Gasteiger partial charge < -0.3 is 5.43 Å². The first-order valence-electron chi connectivity index (χ1n) is 9.87. The Balaban J connectivity index is 1.44. The van der Waals surface area contributed by atoms with Crippen LogP contribution in [0.4, 0.5) is 5.82 Å². The van der Waals surface area contributed by atoms with Crippen LogP contribution in [0, 0.1) is 0 Å². The molecule has 6 nitrogen and oxygen atoms in total. The summed E-state index contributed by atoms with van der Waals surface area (Å²) in [6, 6.07) is 11.3. The van der Waals surface area contributed by atoms with Gasteiger partial charge in [-0.25, -0.2) is 13.4 Å². The summed E-state index contributed by atoms with van der Waals surface area (Å²) in [4.78, 5) is 4.68. The smallest absolute Gasteiger partial charge is 0.244 e. The number of hydrazine groups is 1. The second-order valence-electron chi connectivity index (χ2n) is 7.55. The maximum Gasteiger partial charge on any atom is 0.244 e. The molecule has 1 saturated heterocycles. The number of hydrogen-bond acceptors (Lipinski definition) is 5. The van der Waals surface area contributed by atoms with Crippen LogP contribution in [-0.2, 0) is 16.4 Å². The van der Waals surface area contributed by atoms with Crippen LogP contribution in [0.1, 0.15) is 31.7 Å². The Labute approximate surface area is 177 Å². The summed E-state index contributed by atoms with van der Waals surface area (Å²) in [5, 5.41) is 2.67. The topological polar surface area (TPSA) is 65.5 Å². The number of halogens is 1. The van der Waals surface area contributed by atoms with Crippen molar-refractivity contribution < 1.29 is 8.42 Å². The molecule has 0 spiro atoms. The molecule has 154 valence electrons. The predicted octanol–water partition coefficient (Wildman–Crippen LogP) is 3.75. The lowest BCUT2D eigenvalue weighted by Crippen LogP contribution is -2.36. The maximum absolute atomic E-state index is 12.8. The van der Waals surface area contributed by atoms with Gasteiger partial charge in [0.15, 0.2) is 0 Å². The number of allylic oxidation sites excluding steroid dienone is 1. The molecule has 0 unspecified atom stereocenters. The van der Waals surface area contributed by atoms with E-state index in [9.17, 15) is 8.42 Å². The summed E-state index contributed by atoms with van der Waals surface area (Å²) in [5.41, 5.74) is 6.89. The molecule has 0 aliphatic carbocycles. The molecule has 1 N–H and O–H groups in total. The summed E-state index contributed by atoms with van der Waals surface area (Å²) in [7, 11) is -3.46. The van der Waals surface area contributed by atoms with E-state index in [0.29, 0.717) is 25.5 Å². The molecule has 0 saturated carbocycles. The number of nitrogens with one attached hydrogen (secondary N) is 1. The van der Waals surface area contributed by atoms with Gasteiger partial charge in [0, 0.05) is 30.0 Å². The summed E-state index contributed by atoms with van der Waals surface area (Å²) in [6.45, 7) is 3.92. The van der Waals surface area contributed by atoms with Crippen LogP contribution in [0.25, 0.3) is 0 Å². The third-order valence-electron chi connectivity index (χ3n) is 5.46. The highest BCUT2D eigenvalue weighted by Gasteiger charge is 2.27. The lowest BCUT2D eigenvalue weighted by atomic mass is 10.0. The fraction of sp³-hybridized carbons (Fsp3) is 0.381. The van der Waals surface area contributed by atoms with Gasteiger partial charge >= 0.3 is 0 Å². The predicted molar refractivity (Wildman–Crippen MR) is 115 cm³/mol. The molecule has 29 heavy (non-hydrogen) atoms. The van der Waals surface area contributed by atoms with Crippen molar-refractivity contribution in [3.8, 4) is 0 Å². The molecule has 1 fully saturated rings. The average Bonchev–Trinajstić information content (AvgIpc) is 3.11. The Morgan fingerprint density at radius 2 is 1.79 bits per heavy atom. The Kier molecular flexibility index (Phi) is 5.81. The number of anilines is 1. The standard InChI is InChI=1S/C21H25ClN4O2S/c1-16-18(13-17-5-7-19(22)8-6-17)15-26(24-16)21-10-9-20(14-23-21)29(27,28)25-11-3-2-4-12-25/h5-10,14,24H,2-4,11-13,15H2,1H3. The van der Waals surface area contributed by atoms with E-state index in [1.54, 1.807) is 16.4 Å². The second-order valence-corrected chi connectivity index (χ2v) is 9.92. The quantitative estimate of drug-likeness (QED) is 0.779. The Morgan fingerprint density at radius 3 is 2.45 bits per heavy atom. The van der Waals surface area contributed by atoms with E-state index in [1.807, 2.05) is 36.2 Å². The number of benzene rings is 1. The average molecular weight is 433 g/mol. The number of aromatic nitrogens is 1. The number of hydrogen-bond donors (Lipinski definition) is 1. The minimum absolute atomic E-state index is 0.258. The van der Waals surface area contributed by atoms with Gasteiger partial charge in [-0.2, -0.15) is 4.31 Å². The van der Waals surface area contributed by atoms with E-state index in [0.717, 1.165) is 36.4 Å². The highest BCUT2D eigenvalue weighted by Crippen LogP contribution is 2.25. The van der Waals surface area contributed by atoms with Gasteiger partial charge in [-0.15, -0.1) is 0 Å². The molecule has 4 rings (SSSR count). The molecule has 0 amide bonds. The van der Waals surface area contributed by atoms with Crippen LogP contribution in [0.5, 0.6) is 0 Å². The number of nitrogens with zero attached hydrogens (tertiary/aromatic N) is 3. The van der Waals surface area contributed by atoms with Crippen molar-refractivity contribution in [3.63, 3.8) is 0 Å². The summed E-state index contributed by atoms with van der Waals surface area (Å²) in [6.07, 6.45) is 5.23. The summed E-state index contributed by atoms with van der Waals surface area (Å²) >= 11 is 5.97. The van der Waals surface area contributed by atoms with E-state index in [2.05, 4.69) is 10.4 Å². The molecular formula is C21H25ClN4O2S. The lowest BCUT2D eigenvalue weighted by molar-refractivity contribution is 0.346. The largest absolute Gasteiger partial charge is 0.301 e. The third kappa shape index (κ3) is 4.42. The van der Waals surface area contributed by atoms with Crippen molar-refractivity contribution in [1.29, 1.82) is 0 Å². The van der Waals surface area contributed by atoms with E-state index in [-0.39, 0.29) is 4.90 Å². The normalized spacial score (nSPS) is 18.2. The minimum Gasteiger partial charge on any atom is -0.301 e. The molecule has 1 aromatic carbocycles. The molecule has 0 atom stereocenters. The van der Waals surface area contributed by atoms with Crippen molar-refractivity contribution in [3.05, 3.63) is 64.5 Å². The van der Waals surface area contributed by atoms with Crippen molar-refractivity contribution in [2.45, 2.75) is 37.5 Å². The van der Waals surface area contributed by atoms with Gasteiger partial charge in [-0.3, -0.25) is 5.01 Å². The van der Waals surface area contributed by atoms with Crippen LogP contribution in [0.3, 0.4) is 0 Å². The van der Waals surface area contributed by atoms with Gasteiger partial charge in [-0.05, 0) is 61.6 Å². The highest BCUT2D eigenvalue weighted by atomic mass is 35.5. The van der Waals surface area contributed by atoms with Gasteiger partial charge in [0.2, 0.25) is 10.0 Å². The van der Waals surface area contributed by atoms with Crippen molar-refractivity contribution >= 4 is 27.4 Å². The molecule has 3 heterocycles. The van der Waals surface area contributed by atoms with E-state index < -0.39 is 10.0 Å². The minimum atomic E-state index is -3.46. The van der Waals surface area contributed by atoms with Crippen LogP contribution < -0.4 is 10.4 Å². The van der Waals surface area contributed by atoms with Crippen LogP contribution in [0.15, 0.2) is 58.8 Å².